The van der Waals surface area contributed by atoms with Crippen LogP contribution in [0.2, 0.25) is 24.7 Å². The molecule has 0 aliphatic heterocycles. The molecule has 540 valence electrons. The van der Waals surface area contributed by atoms with Crippen LogP contribution in [0.15, 0.2) is 84.8 Å². The standard InChI is InChI=1S/2C14H24.C14H22.C13H20.C11H16.C10H14.C7H18Si.C5H9N.C4H9F/c1-13(2,3)14-7-10-4-11(8-14)6-12(5-10)9-14;1-14(2,3)13-11-5-9-4-10(7-11)8-12(13)6-9;1-6-11-9-8-10-12(7-2)13(11)14(3,4)5;1-9-7-10(2)12(11(3)8-9)13(4,5)6;1-9-6-5-7-10(8-9)11(2,3)4;1-10(2,3)9-7-5-4-6-8-9;1-7(2,3)8(4,5)6;1-5(2,3)4-6;1-4(2,3)5/h10-12H,4-9H2,1-3H3;9-13H,4-8H2,1-3H3;8-10H,6-7H2,1-5H3;7-8H,1-6H3;5-8H,1-4H3;4-8H,1-3H3;1-6H3;1-3H3;1-3H3/i;;;;5D,6D,7D,8D;;;;. The second-order valence-electron chi connectivity index (χ2n) is 41.0. The van der Waals surface area contributed by atoms with Crippen molar-refractivity contribution in [3.05, 3.63) is 140 Å². The largest absolute Gasteiger partial charge is 0.245 e. The Kier molecular flexibility index (Phi) is 29.4. The predicted molar refractivity (Wildman–Crippen MR) is 427 cm³/mol. The maximum absolute atomic E-state index is 11.7. The normalized spacial score (nSPS) is 24.1. The molecule has 3 heteroatoms. The number of aryl methyl sites for hydroxylation is 5. The van der Waals surface area contributed by atoms with Crippen molar-refractivity contribution >= 4 is 8.07 Å². The highest BCUT2D eigenvalue weighted by molar-refractivity contribution is 6.78. The minimum absolute atomic E-state index is 0.00185. The van der Waals surface area contributed by atoms with Crippen LogP contribution in [0, 0.1) is 108 Å². The van der Waals surface area contributed by atoms with Crippen molar-refractivity contribution in [3.63, 3.8) is 0 Å². The molecule has 0 amide bonds. The molecule has 0 N–H and O–H groups in total. The fourth-order valence-corrected chi connectivity index (χ4v) is 16.7. The minimum Gasteiger partial charge on any atom is -0.245 e. The predicted octanol–water partition coefficient (Wildman–Crippen LogP) is 29.1. The van der Waals surface area contributed by atoms with Crippen molar-refractivity contribution in [3.8, 4) is 6.07 Å². The molecule has 0 saturated heterocycles. The number of alkyl halides is 1. The first-order chi connectivity index (χ1) is 44.4. The summed E-state index contributed by atoms with van der Waals surface area (Å²) in [6.07, 6.45) is 19.6. The molecule has 1 nitrogen and oxygen atoms in total. The molecule has 0 atom stereocenters. The number of halogens is 1. The summed E-state index contributed by atoms with van der Waals surface area (Å²) in [5, 5.41) is 8.73. The van der Waals surface area contributed by atoms with E-state index in [1.54, 1.807) is 83.1 Å². The average Bonchev–Trinajstić information content (AvgIpc) is 0.742. The van der Waals surface area contributed by atoms with E-state index in [-0.39, 0.29) is 45.8 Å². The average molecular weight is 1330 g/mol. The number of hydrogen-bond donors (Lipinski definition) is 0. The molecule has 8 aliphatic rings. The van der Waals surface area contributed by atoms with Crippen LogP contribution in [-0.2, 0) is 34.5 Å². The number of benzene rings is 4. The summed E-state index contributed by atoms with van der Waals surface area (Å²) in [5.41, 5.74) is 13.9. The van der Waals surface area contributed by atoms with E-state index < -0.39 is 13.7 Å². The smallest absolute Gasteiger partial charge is 0.102 e. The van der Waals surface area contributed by atoms with Crippen LogP contribution in [0.25, 0.3) is 0 Å². The van der Waals surface area contributed by atoms with Gasteiger partial charge >= 0.3 is 0 Å². The zero-order chi connectivity index (χ0) is 77.2. The van der Waals surface area contributed by atoms with Crippen LogP contribution in [0.3, 0.4) is 0 Å². The van der Waals surface area contributed by atoms with Gasteiger partial charge in [-0.2, -0.15) is 5.26 Å². The van der Waals surface area contributed by atoms with Crippen LogP contribution in [0.4, 0.5) is 4.39 Å². The summed E-state index contributed by atoms with van der Waals surface area (Å²) in [7, 11) is -0.859. The van der Waals surface area contributed by atoms with Gasteiger partial charge in [0.2, 0.25) is 0 Å². The maximum Gasteiger partial charge on any atom is 0.102 e. The Balaban J connectivity index is 0.000000386. The van der Waals surface area contributed by atoms with E-state index in [9.17, 15) is 4.39 Å². The summed E-state index contributed by atoms with van der Waals surface area (Å²) in [4.78, 5) is 0. The van der Waals surface area contributed by atoms with E-state index in [0.29, 0.717) is 32.4 Å². The van der Waals surface area contributed by atoms with E-state index in [0.717, 1.165) is 65.6 Å². The van der Waals surface area contributed by atoms with Gasteiger partial charge in [-0.3, -0.25) is 0 Å². The molecule has 0 heterocycles. The third-order valence-electron chi connectivity index (χ3n) is 21.8. The van der Waals surface area contributed by atoms with Gasteiger partial charge in [0, 0.05) is 13.5 Å². The van der Waals surface area contributed by atoms with E-state index >= 15 is 0 Å². The molecule has 0 spiro atoms. The van der Waals surface area contributed by atoms with Crippen molar-refractivity contribution in [1.82, 2.24) is 0 Å². The fraction of sp³-hybridized carbons (Fsp3) is 0.728. The Bertz CT molecular complexity index is 3010. The first-order valence-electron chi connectivity index (χ1n) is 39.9. The van der Waals surface area contributed by atoms with Crippen LogP contribution >= 0.6 is 0 Å². The molecule has 95 heavy (non-hydrogen) atoms. The molecular formula is C92H156FNSi. The van der Waals surface area contributed by atoms with Gasteiger partial charge in [0.1, 0.15) is 5.67 Å². The Morgan fingerprint density at radius 3 is 1.11 bits per heavy atom. The molecule has 12 rings (SSSR count). The van der Waals surface area contributed by atoms with Crippen LogP contribution < -0.4 is 0 Å². The van der Waals surface area contributed by atoms with Crippen molar-refractivity contribution in [2.24, 2.45) is 69.0 Å². The van der Waals surface area contributed by atoms with Crippen molar-refractivity contribution in [2.45, 2.75) is 364 Å². The summed E-state index contributed by atoms with van der Waals surface area (Å²) in [6.45, 7) is 78.2. The quantitative estimate of drug-likeness (QED) is 0.184. The lowest BCUT2D eigenvalue weighted by molar-refractivity contribution is -0.113. The van der Waals surface area contributed by atoms with E-state index in [2.05, 4.69) is 246 Å². The van der Waals surface area contributed by atoms with Crippen molar-refractivity contribution in [1.29, 1.82) is 5.26 Å². The van der Waals surface area contributed by atoms with Gasteiger partial charge in [-0.15, -0.1) is 0 Å². The first-order valence-corrected chi connectivity index (χ1v) is 41.4. The molecule has 0 radical (unpaired) electrons. The lowest BCUT2D eigenvalue weighted by Gasteiger charge is -2.62. The zero-order valence-corrected chi connectivity index (χ0v) is 70.4. The maximum atomic E-state index is 11.7. The van der Waals surface area contributed by atoms with Gasteiger partial charge in [0.25, 0.3) is 0 Å². The number of nitriles is 1. The Labute approximate surface area is 599 Å². The molecule has 4 aromatic carbocycles. The molecule has 8 aliphatic carbocycles. The van der Waals surface area contributed by atoms with E-state index in [1.165, 1.54) is 59.7 Å². The Morgan fingerprint density at radius 2 is 0.832 bits per heavy atom. The van der Waals surface area contributed by atoms with E-state index in [4.69, 9.17) is 10.7 Å². The summed E-state index contributed by atoms with van der Waals surface area (Å²) < 4.78 is 42.6. The number of hydrogen-bond acceptors (Lipinski definition) is 1. The van der Waals surface area contributed by atoms with Gasteiger partial charge in [-0.1, -0.05) is 275 Å². The van der Waals surface area contributed by atoms with Crippen LogP contribution in [-0.4, -0.2) is 13.7 Å². The first kappa shape index (κ1) is 80.5. The Morgan fingerprint density at radius 1 is 0.484 bits per heavy atom. The summed E-state index contributed by atoms with van der Waals surface area (Å²) >= 11 is 0. The highest BCUT2D eigenvalue weighted by atomic mass is 28.3. The van der Waals surface area contributed by atoms with Crippen LogP contribution in [0.5, 0.6) is 0 Å². The van der Waals surface area contributed by atoms with Gasteiger partial charge in [-0.25, -0.2) is 4.39 Å². The molecule has 8 bridgehead atoms. The third-order valence-corrected chi connectivity index (χ3v) is 26.3. The lowest BCUT2D eigenvalue weighted by atomic mass is 9.43. The molecule has 0 unspecified atom stereocenters. The van der Waals surface area contributed by atoms with Crippen molar-refractivity contribution in [2.75, 3.05) is 0 Å². The zero-order valence-electron chi connectivity index (χ0n) is 73.4. The number of rotatable bonds is 2. The van der Waals surface area contributed by atoms with Gasteiger partial charge in [0.15, 0.2) is 0 Å². The lowest BCUT2D eigenvalue weighted by Crippen LogP contribution is -2.51. The molecule has 8 fully saturated rings. The van der Waals surface area contributed by atoms with Gasteiger partial charge in [0.05, 0.1) is 11.6 Å². The highest BCUT2D eigenvalue weighted by Gasteiger charge is 2.55. The SMILES string of the molecule is CC(C)(C)C#N.CC(C)(C)C12CC3CC(CC(C3)C1)C2.CC(C)(C)C1C2CC3CC(C2)CC1C3.CC(C)(C)F.CC(C)(C)[Si](C)(C)C.CC(C)(C)c1ccccc1.CCc1cccc(CC)c1C(C)(C)C.Cc1cc(C)c(C(C)(C)C)c(C)c1.[2H]c1c([2H])c(C)c([2H])c(C(C)(C)C)c1[2H]. The van der Waals surface area contributed by atoms with E-state index in [1.807, 2.05) is 41.5 Å². The second kappa shape index (κ2) is 34.7. The molecule has 0 aromatic heterocycles. The Hall–Kier alpha value is -3.48. The summed E-state index contributed by atoms with van der Waals surface area (Å²) in [5.74, 6) is 8.86. The van der Waals surface area contributed by atoms with Gasteiger partial charge in [-0.05, 0) is 288 Å². The third kappa shape index (κ3) is 29.7. The van der Waals surface area contributed by atoms with Crippen molar-refractivity contribution < 1.29 is 9.87 Å². The molecule has 4 aromatic rings. The monoisotopic (exact) mass is 1330 g/mol. The second-order valence-corrected chi connectivity index (χ2v) is 47.0. The molecule has 8 saturated carbocycles. The molecular weight excluding hydrogens is 1170 g/mol. The minimum atomic E-state index is -1.00. The van der Waals surface area contributed by atoms with Gasteiger partial charge < -0.3 is 0 Å². The van der Waals surface area contributed by atoms with Crippen LogP contribution in [0.1, 0.15) is 333 Å². The number of nitrogens with zero attached hydrogens (tertiary/aromatic N) is 1. The fourth-order valence-electron chi connectivity index (χ4n) is 16.7. The summed E-state index contributed by atoms with van der Waals surface area (Å²) in [6, 6.07) is 24.1. The highest BCUT2D eigenvalue weighted by Crippen LogP contribution is 2.66. The topological polar surface area (TPSA) is 23.8 Å².